The summed E-state index contributed by atoms with van der Waals surface area (Å²) in [5, 5.41) is 9.15. The van der Waals surface area contributed by atoms with E-state index in [1.807, 2.05) is 24.3 Å². The molecule has 1 saturated carbocycles. The Labute approximate surface area is 152 Å². The van der Waals surface area contributed by atoms with Gasteiger partial charge in [-0.05, 0) is 48.0 Å². The first-order valence-electron chi connectivity index (χ1n) is 9.08. The van der Waals surface area contributed by atoms with Crippen LogP contribution in [0.3, 0.4) is 0 Å². The predicted octanol–water partition coefficient (Wildman–Crippen LogP) is 5.24. The van der Waals surface area contributed by atoms with E-state index < -0.39 is 24.1 Å². The van der Waals surface area contributed by atoms with E-state index >= 15 is 0 Å². The molecule has 0 bridgehead atoms. The molecule has 1 N–H and O–H groups in total. The molecule has 26 heavy (non-hydrogen) atoms. The Balaban J connectivity index is 2.00. The molecule has 1 aromatic rings. The predicted molar refractivity (Wildman–Crippen MR) is 95.0 cm³/mol. The molecule has 0 unspecified atom stereocenters. The third kappa shape index (κ3) is 3.88. The number of benzene rings is 1. The highest BCUT2D eigenvalue weighted by Crippen LogP contribution is 2.43. The number of hydrogen-bond acceptors (Lipinski definition) is 2. The number of alkyl halides is 2. The first-order valence-corrected chi connectivity index (χ1v) is 9.08. The second-order valence-corrected chi connectivity index (χ2v) is 7.30. The van der Waals surface area contributed by atoms with Crippen molar-refractivity contribution in [2.75, 3.05) is 0 Å². The summed E-state index contributed by atoms with van der Waals surface area (Å²) in [7, 11) is 0. The van der Waals surface area contributed by atoms with Crippen LogP contribution in [0.5, 0.6) is 0 Å². The fourth-order valence-corrected chi connectivity index (χ4v) is 4.03. The molecule has 140 valence electrons. The van der Waals surface area contributed by atoms with E-state index in [0.29, 0.717) is 17.4 Å². The van der Waals surface area contributed by atoms with Gasteiger partial charge in [-0.3, -0.25) is 4.79 Å². The van der Waals surface area contributed by atoms with Gasteiger partial charge in [0.05, 0.1) is 5.92 Å². The number of carboxylic acid groups (broad SMARTS) is 1. The molecule has 1 fully saturated rings. The topological polar surface area (TPSA) is 46.5 Å². The van der Waals surface area contributed by atoms with Crippen LogP contribution < -0.4 is 0 Å². The standard InChI is InChI=1S/C21H24F2O3/c1-14-6-8-15(9-7-14)17-4-2-3-5-18(17)21(26-20(22)23)12-10-16(11-13-21)19(24)25/h2-5,10-16,20H,6-9H2,1H3,(H,24,25). The van der Waals surface area contributed by atoms with Gasteiger partial charge in [0.2, 0.25) is 0 Å². The van der Waals surface area contributed by atoms with Gasteiger partial charge in [-0.1, -0.05) is 56.2 Å². The van der Waals surface area contributed by atoms with E-state index in [-0.39, 0.29) is 0 Å². The molecule has 0 radical (unpaired) electrons. The average molecular weight is 362 g/mol. The summed E-state index contributed by atoms with van der Waals surface area (Å²) in [6.45, 7) is -0.729. The minimum absolute atomic E-state index is 0.305. The summed E-state index contributed by atoms with van der Waals surface area (Å²) in [6.07, 6.45) is 10.0. The highest BCUT2D eigenvalue weighted by atomic mass is 19.3. The van der Waals surface area contributed by atoms with Crippen molar-refractivity contribution in [3.63, 3.8) is 0 Å². The van der Waals surface area contributed by atoms with Crippen molar-refractivity contribution < 1.29 is 23.4 Å². The molecule has 0 atom stereocenters. The largest absolute Gasteiger partial charge is 0.481 e. The Bertz CT molecular complexity index is 689. The van der Waals surface area contributed by atoms with Crippen LogP contribution in [0, 0.1) is 11.8 Å². The van der Waals surface area contributed by atoms with Crippen LogP contribution in [0.4, 0.5) is 8.78 Å². The number of aliphatic carboxylic acids is 1. The van der Waals surface area contributed by atoms with E-state index in [4.69, 9.17) is 9.84 Å². The molecule has 5 heteroatoms. The number of hydrogen-bond donors (Lipinski definition) is 1. The van der Waals surface area contributed by atoms with Crippen LogP contribution in [0.25, 0.3) is 0 Å². The summed E-state index contributed by atoms with van der Waals surface area (Å²) in [5.41, 5.74) is 0.263. The average Bonchev–Trinajstić information content (AvgIpc) is 2.62. The fraction of sp³-hybridized carbons (Fsp3) is 0.476. The number of carbonyl (C=O) groups is 1. The van der Waals surface area contributed by atoms with Crippen molar-refractivity contribution in [2.24, 2.45) is 11.8 Å². The first-order chi connectivity index (χ1) is 12.4. The lowest BCUT2D eigenvalue weighted by atomic mass is 9.74. The second kappa shape index (κ2) is 7.70. The highest BCUT2D eigenvalue weighted by Gasteiger charge is 2.37. The normalized spacial score (nSPS) is 31.3. The Kier molecular flexibility index (Phi) is 5.56. The molecule has 0 spiro atoms. The third-order valence-corrected chi connectivity index (χ3v) is 5.51. The zero-order chi connectivity index (χ0) is 18.7. The summed E-state index contributed by atoms with van der Waals surface area (Å²) in [6, 6.07) is 7.53. The summed E-state index contributed by atoms with van der Waals surface area (Å²) in [5.74, 6) is -0.847. The smallest absolute Gasteiger partial charge is 0.346 e. The van der Waals surface area contributed by atoms with Crippen molar-refractivity contribution >= 4 is 5.97 Å². The van der Waals surface area contributed by atoms with Gasteiger partial charge in [0.1, 0.15) is 5.60 Å². The molecule has 0 aromatic heterocycles. The summed E-state index contributed by atoms with van der Waals surface area (Å²) >= 11 is 0. The van der Waals surface area contributed by atoms with Crippen LogP contribution in [0.15, 0.2) is 48.6 Å². The van der Waals surface area contributed by atoms with E-state index in [0.717, 1.165) is 31.2 Å². The fourth-order valence-electron chi connectivity index (χ4n) is 4.03. The number of halogens is 2. The summed E-state index contributed by atoms with van der Waals surface area (Å²) < 4.78 is 31.5. The molecular formula is C21H24F2O3. The molecule has 0 heterocycles. The zero-order valence-electron chi connectivity index (χ0n) is 14.8. The van der Waals surface area contributed by atoms with Crippen LogP contribution in [0.2, 0.25) is 0 Å². The molecule has 0 aliphatic heterocycles. The van der Waals surface area contributed by atoms with Crippen LogP contribution in [-0.4, -0.2) is 17.7 Å². The lowest BCUT2D eigenvalue weighted by Crippen LogP contribution is -2.32. The van der Waals surface area contributed by atoms with Gasteiger partial charge in [0.25, 0.3) is 0 Å². The zero-order valence-corrected chi connectivity index (χ0v) is 14.8. The van der Waals surface area contributed by atoms with E-state index in [1.165, 1.54) is 24.3 Å². The van der Waals surface area contributed by atoms with Crippen molar-refractivity contribution in [3.8, 4) is 0 Å². The Morgan fingerprint density at radius 3 is 2.35 bits per heavy atom. The number of rotatable bonds is 5. The molecule has 1 aromatic carbocycles. The maximum absolute atomic E-state index is 13.2. The number of ether oxygens (including phenoxy) is 1. The lowest BCUT2D eigenvalue weighted by Gasteiger charge is -2.35. The van der Waals surface area contributed by atoms with Crippen molar-refractivity contribution in [3.05, 3.63) is 59.7 Å². The number of carboxylic acids is 1. The molecule has 0 amide bonds. The molecule has 0 saturated heterocycles. The Morgan fingerprint density at radius 2 is 1.77 bits per heavy atom. The molecule has 3 rings (SSSR count). The second-order valence-electron chi connectivity index (χ2n) is 7.30. The van der Waals surface area contributed by atoms with Gasteiger partial charge in [0, 0.05) is 0 Å². The van der Waals surface area contributed by atoms with E-state index in [1.54, 1.807) is 0 Å². The van der Waals surface area contributed by atoms with Crippen LogP contribution >= 0.6 is 0 Å². The highest BCUT2D eigenvalue weighted by molar-refractivity contribution is 5.75. The van der Waals surface area contributed by atoms with E-state index in [2.05, 4.69) is 6.92 Å². The first kappa shape index (κ1) is 18.8. The van der Waals surface area contributed by atoms with Gasteiger partial charge in [-0.25, -0.2) is 0 Å². The molecule has 2 aliphatic rings. The van der Waals surface area contributed by atoms with Crippen molar-refractivity contribution in [1.29, 1.82) is 0 Å². The molecular weight excluding hydrogens is 338 g/mol. The van der Waals surface area contributed by atoms with Gasteiger partial charge < -0.3 is 9.84 Å². The lowest BCUT2D eigenvalue weighted by molar-refractivity contribution is -0.180. The van der Waals surface area contributed by atoms with Crippen LogP contribution in [0.1, 0.15) is 49.7 Å². The van der Waals surface area contributed by atoms with Gasteiger partial charge >= 0.3 is 12.6 Å². The minimum atomic E-state index is -2.97. The van der Waals surface area contributed by atoms with Crippen molar-refractivity contribution in [1.82, 2.24) is 0 Å². The Morgan fingerprint density at radius 1 is 1.15 bits per heavy atom. The quantitative estimate of drug-likeness (QED) is 0.729. The maximum Gasteiger partial charge on any atom is 0.346 e. The van der Waals surface area contributed by atoms with Gasteiger partial charge in [-0.2, -0.15) is 8.78 Å². The van der Waals surface area contributed by atoms with Crippen molar-refractivity contribution in [2.45, 2.75) is 50.7 Å². The summed E-state index contributed by atoms with van der Waals surface area (Å²) in [4.78, 5) is 11.2. The van der Waals surface area contributed by atoms with Gasteiger partial charge in [-0.15, -0.1) is 0 Å². The van der Waals surface area contributed by atoms with Gasteiger partial charge in [0.15, 0.2) is 0 Å². The SMILES string of the molecule is CC1CCC(c2ccccc2C2(OC(F)F)C=CC(C(=O)O)C=C2)CC1. The molecule has 3 nitrogen and oxygen atoms in total. The maximum atomic E-state index is 13.2. The van der Waals surface area contributed by atoms with Crippen LogP contribution in [-0.2, 0) is 15.1 Å². The van der Waals surface area contributed by atoms with E-state index in [9.17, 15) is 13.6 Å². The third-order valence-electron chi connectivity index (χ3n) is 5.51. The minimum Gasteiger partial charge on any atom is -0.481 e. The Hall–Kier alpha value is -2.01. The molecule has 2 aliphatic carbocycles. The monoisotopic (exact) mass is 362 g/mol.